The average molecular weight is 565 g/mol. The molecular formula is C19H10BrF13. The first kappa shape index (κ1) is 27.3. The van der Waals surface area contributed by atoms with E-state index in [0.717, 1.165) is 6.07 Å². The Morgan fingerprint density at radius 3 is 1.70 bits per heavy atom. The van der Waals surface area contributed by atoms with Crippen LogP contribution in [0.25, 0.3) is 11.1 Å². The van der Waals surface area contributed by atoms with Crippen molar-refractivity contribution in [1.82, 2.24) is 0 Å². The van der Waals surface area contributed by atoms with Gasteiger partial charge in [0.25, 0.3) is 0 Å². The van der Waals surface area contributed by atoms with Crippen LogP contribution in [0.1, 0.15) is 23.6 Å². The Labute approximate surface area is 185 Å². The number of benzene rings is 2. The van der Waals surface area contributed by atoms with Crippen LogP contribution in [0.2, 0.25) is 0 Å². The van der Waals surface area contributed by atoms with E-state index in [1.165, 1.54) is 6.92 Å². The van der Waals surface area contributed by atoms with Gasteiger partial charge in [-0.2, -0.15) is 48.3 Å². The highest BCUT2D eigenvalue weighted by Crippen LogP contribution is 2.60. The Bertz CT molecular complexity index is 1030. The predicted molar refractivity (Wildman–Crippen MR) is 93.8 cm³/mol. The van der Waals surface area contributed by atoms with Gasteiger partial charge in [-0.25, -0.2) is 8.78 Å². The zero-order chi connectivity index (χ0) is 25.8. The molecule has 0 aliphatic rings. The maximum Gasteiger partial charge on any atom is 0.457 e. The summed E-state index contributed by atoms with van der Waals surface area (Å²) in [7, 11) is 0. The molecule has 14 heteroatoms. The Morgan fingerprint density at radius 2 is 1.27 bits per heavy atom. The highest BCUT2D eigenvalue weighted by atomic mass is 79.9. The van der Waals surface area contributed by atoms with Crippen LogP contribution in [0.4, 0.5) is 57.1 Å². The van der Waals surface area contributed by atoms with Crippen molar-refractivity contribution in [3.8, 4) is 11.1 Å². The van der Waals surface area contributed by atoms with E-state index in [2.05, 4.69) is 15.9 Å². The monoisotopic (exact) mass is 564 g/mol. The molecule has 0 saturated heterocycles. The summed E-state index contributed by atoms with van der Waals surface area (Å²) in [6, 6.07) is 1.34. The van der Waals surface area contributed by atoms with E-state index in [1.54, 1.807) is 0 Å². The van der Waals surface area contributed by atoms with Gasteiger partial charge in [0.05, 0.1) is 5.56 Å². The SMILES string of the molecule is CCc1cc(Br)c(-c2ccc(F)c(C(F)(F)F)c2)c(C(F)(C(F)(F)F)C(F)(F)C(F)(F)F)c1. The van der Waals surface area contributed by atoms with Crippen molar-refractivity contribution in [1.29, 1.82) is 0 Å². The summed E-state index contributed by atoms with van der Waals surface area (Å²) < 4.78 is 175. The molecule has 2 aromatic carbocycles. The van der Waals surface area contributed by atoms with Gasteiger partial charge < -0.3 is 0 Å². The number of aryl methyl sites for hydroxylation is 1. The standard InChI is InChI=1S/C19H10BrF13/c1-2-8-5-11(15(22,18(28,29)30)17(26,27)19(31,32)33)14(12(20)6-8)9-3-4-13(21)10(7-9)16(23,24)25/h3-7H,2H2,1H3. The first-order valence-corrected chi connectivity index (χ1v) is 9.39. The fourth-order valence-corrected chi connectivity index (χ4v) is 3.76. The zero-order valence-electron chi connectivity index (χ0n) is 15.9. The van der Waals surface area contributed by atoms with Crippen LogP contribution in [0.15, 0.2) is 34.8 Å². The maximum absolute atomic E-state index is 15.2. The van der Waals surface area contributed by atoms with E-state index >= 15 is 4.39 Å². The normalized spacial score (nSPS) is 15.5. The lowest BCUT2D eigenvalue weighted by Gasteiger charge is -2.37. The van der Waals surface area contributed by atoms with E-state index < -0.39 is 62.7 Å². The lowest BCUT2D eigenvalue weighted by molar-refractivity contribution is -0.389. The number of hydrogen-bond donors (Lipinski definition) is 0. The molecule has 0 amide bonds. The van der Waals surface area contributed by atoms with Crippen LogP contribution in [0.5, 0.6) is 0 Å². The quantitative estimate of drug-likeness (QED) is 0.326. The molecule has 0 nitrogen and oxygen atoms in total. The Morgan fingerprint density at radius 1 is 0.727 bits per heavy atom. The van der Waals surface area contributed by atoms with Gasteiger partial charge in [-0.1, -0.05) is 35.0 Å². The molecule has 0 saturated carbocycles. The van der Waals surface area contributed by atoms with Crippen LogP contribution in [0, 0.1) is 5.82 Å². The topological polar surface area (TPSA) is 0 Å². The molecule has 0 aliphatic carbocycles. The van der Waals surface area contributed by atoms with Gasteiger partial charge in [0.2, 0.25) is 0 Å². The molecule has 0 aliphatic heterocycles. The highest BCUT2D eigenvalue weighted by Gasteiger charge is 2.82. The smallest absolute Gasteiger partial charge is 0.221 e. The molecule has 0 spiro atoms. The fraction of sp³-hybridized carbons (Fsp3) is 0.368. The van der Waals surface area contributed by atoms with Gasteiger partial charge in [-0.15, -0.1) is 0 Å². The minimum atomic E-state index is -7.05. The van der Waals surface area contributed by atoms with Gasteiger partial charge in [-0.3, -0.25) is 0 Å². The van der Waals surface area contributed by atoms with Gasteiger partial charge >= 0.3 is 30.1 Å². The van der Waals surface area contributed by atoms with E-state index in [-0.39, 0.29) is 30.2 Å². The summed E-state index contributed by atoms with van der Waals surface area (Å²) >= 11 is 2.61. The average Bonchev–Trinajstić information content (AvgIpc) is 2.64. The molecule has 2 aromatic rings. The lowest BCUT2D eigenvalue weighted by Crippen LogP contribution is -2.60. The second-order valence-electron chi connectivity index (χ2n) is 6.77. The van der Waals surface area contributed by atoms with Crippen LogP contribution in [-0.4, -0.2) is 18.3 Å². The molecule has 184 valence electrons. The van der Waals surface area contributed by atoms with Crippen LogP contribution in [-0.2, 0) is 18.3 Å². The molecule has 0 N–H and O–H groups in total. The Balaban J connectivity index is 3.08. The van der Waals surface area contributed by atoms with E-state index in [4.69, 9.17) is 0 Å². The maximum atomic E-state index is 15.2. The van der Waals surface area contributed by atoms with E-state index in [9.17, 15) is 52.7 Å². The number of rotatable bonds is 4. The second kappa shape index (κ2) is 8.35. The molecule has 2 rings (SSSR count). The molecule has 33 heavy (non-hydrogen) atoms. The van der Waals surface area contributed by atoms with Gasteiger partial charge in [-0.05, 0) is 35.7 Å². The van der Waals surface area contributed by atoms with Gasteiger partial charge in [0.15, 0.2) is 0 Å². The minimum absolute atomic E-state index is 0.0594. The largest absolute Gasteiger partial charge is 0.457 e. The van der Waals surface area contributed by atoms with Gasteiger partial charge in [0.1, 0.15) is 5.82 Å². The summed E-state index contributed by atoms with van der Waals surface area (Å²) in [5.41, 5.74) is -13.6. The zero-order valence-corrected chi connectivity index (χ0v) is 17.5. The highest BCUT2D eigenvalue weighted by molar-refractivity contribution is 9.10. The third kappa shape index (κ3) is 4.54. The number of halogens is 14. The summed E-state index contributed by atoms with van der Waals surface area (Å²) in [6.07, 6.45) is -19.6. The van der Waals surface area contributed by atoms with Crippen molar-refractivity contribution >= 4 is 15.9 Å². The number of alkyl halides is 12. The van der Waals surface area contributed by atoms with Crippen molar-refractivity contribution in [2.24, 2.45) is 0 Å². The summed E-state index contributed by atoms with van der Waals surface area (Å²) in [4.78, 5) is 0. The molecule has 0 aromatic heterocycles. The first-order valence-electron chi connectivity index (χ1n) is 8.60. The summed E-state index contributed by atoms with van der Waals surface area (Å²) in [5.74, 6) is -8.96. The minimum Gasteiger partial charge on any atom is -0.221 e. The second-order valence-corrected chi connectivity index (χ2v) is 7.63. The van der Waals surface area contributed by atoms with Crippen molar-refractivity contribution in [3.63, 3.8) is 0 Å². The molecule has 1 atom stereocenters. The van der Waals surface area contributed by atoms with E-state index in [0.29, 0.717) is 6.07 Å². The van der Waals surface area contributed by atoms with Crippen molar-refractivity contribution in [2.75, 3.05) is 0 Å². The Hall–Kier alpha value is -1.99. The molecule has 0 radical (unpaired) electrons. The van der Waals surface area contributed by atoms with Crippen molar-refractivity contribution in [3.05, 3.63) is 57.3 Å². The van der Waals surface area contributed by atoms with Crippen molar-refractivity contribution in [2.45, 2.75) is 43.5 Å². The van der Waals surface area contributed by atoms with Crippen LogP contribution >= 0.6 is 15.9 Å². The van der Waals surface area contributed by atoms with Crippen molar-refractivity contribution < 1.29 is 57.1 Å². The summed E-state index contributed by atoms with van der Waals surface area (Å²) in [5, 5.41) is 0. The molecule has 0 fully saturated rings. The third-order valence-electron chi connectivity index (χ3n) is 4.67. The molecule has 0 heterocycles. The third-order valence-corrected chi connectivity index (χ3v) is 5.29. The fourth-order valence-electron chi connectivity index (χ4n) is 3.03. The van der Waals surface area contributed by atoms with Crippen LogP contribution < -0.4 is 0 Å². The summed E-state index contributed by atoms with van der Waals surface area (Å²) in [6.45, 7) is 1.25. The van der Waals surface area contributed by atoms with E-state index in [1.807, 2.05) is 0 Å². The molecular weight excluding hydrogens is 555 g/mol. The number of hydrogen-bond acceptors (Lipinski definition) is 0. The van der Waals surface area contributed by atoms with Crippen LogP contribution in [0.3, 0.4) is 0 Å². The lowest BCUT2D eigenvalue weighted by atomic mass is 9.81. The Kier molecular flexibility index (Phi) is 6.89. The van der Waals surface area contributed by atoms with Gasteiger partial charge in [0, 0.05) is 15.6 Å². The predicted octanol–water partition coefficient (Wildman–Crippen LogP) is 8.76. The molecule has 1 unspecified atom stereocenters. The first-order chi connectivity index (χ1) is 14.7. The molecule has 0 bridgehead atoms.